The molecule has 1 aromatic carbocycles. The maximum absolute atomic E-state index is 4.79. The highest BCUT2D eigenvalue weighted by Gasteiger charge is 2.23. The largest absolute Gasteiger partial charge is 0.369 e. The van der Waals surface area contributed by atoms with Crippen molar-refractivity contribution in [3.63, 3.8) is 0 Å². The highest BCUT2D eigenvalue weighted by atomic mass is 15.5. The van der Waals surface area contributed by atoms with Crippen LogP contribution >= 0.6 is 0 Å². The van der Waals surface area contributed by atoms with E-state index in [1.807, 2.05) is 49.6 Å². The van der Waals surface area contributed by atoms with Gasteiger partial charge < -0.3 is 5.32 Å². The molecule has 0 amide bonds. The number of anilines is 2. The van der Waals surface area contributed by atoms with Crippen LogP contribution in [0.5, 0.6) is 0 Å². The van der Waals surface area contributed by atoms with Gasteiger partial charge in [-0.15, -0.1) is 0 Å². The van der Waals surface area contributed by atoms with Crippen molar-refractivity contribution in [2.24, 2.45) is 0 Å². The van der Waals surface area contributed by atoms with E-state index in [0.717, 1.165) is 57.2 Å². The number of hydrogen-bond acceptors (Lipinski definition) is 7. The molecule has 160 valence electrons. The van der Waals surface area contributed by atoms with Crippen LogP contribution in [0.2, 0.25) is 0 Å². The topological polar surface area (TPSA) is 78.9 Å². The van der Waals surface area contributed by atoms with Crippen molar-refractivity contribution in [3.05, 3.63) is 78.5 Å². The summed E-state index contributed by atoms with van der Waals surface area (Å²) in [5, 5.41) is 6.53. The Labute approximate surface area is 187 Å². The Kier molecular flexibility index (Phi) is 4.93. The van der Waals surface area contributed by atoms with Crippen molar-refractivity contribution in [1.82, 2.24) is 25.4 Å². The Morgan fingerprint density at radius 1 is 1.09 bits per heavy atom. The predicted molar refractivity (Wildman–Crippen MR) is 129 cm³/mol. The van der Waals surface area contributed by atoms with E-state index in [1.165, 1.54) is 5.56 Å². The number of nitrogens with zero attached hydrogens (tertiary/aromatic N) is 5. The highest BCUT2D eigenvalue weighted by Crippen LogP contribution is 2.37. The quantitative estimate of drug-likeness (QED) is 0.488. The summed E-state index contributed by atoms with van der Waals surface area (Å²) in [7, 11) is 1.98. The van der Waals surface area contributed by atoms with Crippen LogP contribution in [0.25, 0.3) is 27.9 Å². The van der Waals surface area contributed by atoms with Gasteiger partial charge in [0.15, 0.2) is 0 Å². The second-order valence-electron chi connectivity index (χ2n) is 8.17. The third-order valence-corrected chi connectivity index (χ3v) is 5.87. The number of hydrazine groups is 1. The molecule has 0 bridgehead atoms. The summed E-state index contributed by atoms with van der Waals surface area (Å²) >= 11 is 0. The molecule has 0 saturated heterocycles. The maximum atomic E-state index is 4.79. The fourth-order valence-corrected chi connectivity index (χ4v) is 4.12. The molecule has 5 rings (SSSR count). The van der Waals surface area contributed by atoms with Crippen LogP contribution in [0, 0.1) is 6.92 Å². The molecule has 1 aliphatic rings. The first-order chi connectivity index (χ1) is 15.5. The van der Waals surface area contributed by atoms with E-state index < -0.39 is 0 Å². The van der Waals surface area contributed by atoms with Gasteiger partial charge in [-0.05, 0) is 24.6 Å². The van der Waals surface area contributed by atoms with Gasteiger partial charge in [0.1, 0.15) is 12.1 Å². The lowest BCUT2D eigenvalue weighted by atomic mass is 9.95. The number of benzene rings is 1. The van der Waals surface area contributed by atoms with Crippen molar-refractivity contribution < 1.29 is 0 Å². The summed E-state index contributed by atoms with van der Waals surface area (Å²) in [6, 6.07) is 12.3. The molecule has 4 aromatic rings. The van der Waals surface area contributed by atoms with E-state index in [-0.39, 0.29) is 5.92 Å². The van der Waals surface area contributed by atoms with Crippen LogP contribution in [0.15, 0.2) is 61.7 Å². The summed E-state index contributed by atoms with van der Waals surface area (Å²) in [6.45, 7) is 9.06. The zero-order valence-corrected chi connectivity index (χ0v) is 18.4. The number of aromatic nitrogens is 4. The van der Waals surface area contributed by atoms with E-state index in [2.05, 4.69) is 57.4 Å². The van der Waals surface area contributed by atoms with Crippen molar-refractivity contribution >= 4 is 28.1 Å². The molecule has 0 unspecified atom stereocenters. The van der Waals surface area contributed by atoms with Gasteiger partial charge in [-0.1, -0.05) is 31.7 Å². The Bertz CT molecular complexity index is 1310. The minimum Gasteiger partial charge on any atom is -0.369 e. The average Bonchev–Trinajstić information content (AvgIpc) is 3.11. The Morgan fingerprint density at radius 2 is 1.97 bits per heavy atom. The summed E-state index contributed by atoms with van der Waals surface area (Å²) in [6.07, 6.45) is 5.34. The standard InChI is InChI=1S/C25H25N7/c1-15(11-27-23-10-21(29-14-30-23)18-9-8-16(2)26-12-18)19-6-5-7-20-24-17(3)31-32(4)22(24)13-28-25(19)20/h5-10,12-15,31H,3,11H2,1-2,4H3,(H,27,29,30)/t15-/m1/s1. The Morgan fingerprint density at radius 3 is 2.78 bits per heavy atom. The number of nitrogens with one attached hydrogen (secondary N) is 2. The van der Waals surface area contributed by atoms with Gasteiger partial charge in [0, 0.05) is 54.0 Å². The number of fused-ring (bicyclic) bond motifs is 3. The molecule has 4 heterocycles. The number of hydrogen-bond donors (Lipinski definition) is 2. The summed E-state index contributed by atoms with van der Waals surface area (Å²) in [5.74, 6) is 1.01. The molecule has 0 radical (unpaired) electrons. The van der Waals surface area contributed by atoms with E-state index in [0.29, 0.717) is 0 Å². The van der Waals surface area contributed by atoms with Gasteiger partial charge >= 0.3 is 0 Å². The van der Waals surface area contributed by atoms with E-state index in [9.17, 15) is 0 Å². The molecule has 32 heavy (non-hydrogen) atoms. The number of rotatable bonds is 5. The molecule has 0 aliphatic carbocycles. The van der Waals surface area contributed by atoms with Crippen molar-refractivity contribution in [2.75, 3.05) is 23.9 Å². The molecule has 7 heteroatoms. The van der Waals surface area contributed by atoms with E-state index in [1.54, 1.807) is 6.33 Å². The maximum Gasteiger partial charge on any atom is 0.129 e. The lowest BCUT2D eigenvalue weighted by Gasteiger charge is -2.17. The monoisotopic (exact) mass is 423 g/mol. The van der Waals surface area contributed by atoms with Crippen LogP contribution in [-0.2, 0) is 0 Å². The zero-order valence-electron chi connectivity index (χ0n) is 18.4. The highest BCUT2D eigenvalue weighted by molar-refractivity contribution is 6.00. The van der Waals surface area contributed by atoms with Gasteiger partial charge in [0.2, 0.25) is 0 Å². The SMILES string of the molecule is C=C1NN(C)c2cnc3c([C@H](C)CNc4cc(-c5ccc(C)nc5)ncn4)cccc3c21. The van der Waals surface area contributed by atoms with Crippen LogP contribution in [0.3, 0.4) is 0 Å². The van der Waals surface area contributed by atoms with Crippen LogP contribution in [-0.4, -0.2) is 33.5 Å². The van der Waals surface area contributed by atoms with Crippen LogP contribution in [0.4, 0.5) is 11.5 Å². The molecule has 0 saturated carbocycles. The minimum atomic E-state index is 0.226. The van der Waals surface area contributed by atoms with Crippen molar-refractivity contribution in [2.45, 2.75) is 19.8 Å². The predicted octanol–water partition coefficient (Wildman–Crippen LogP) is 4.54. The molecule has 1 aliphatic heterocycles. The van der Waals surface area contributed by atoms with Crippen LogP contribution < -0.4 is 15.8 Å². The normalized spacial score (nSPS) is 13.7. The molecule has 7 nitrogen and oxygen atoms in total. The van der Waals surface area contributed by atoms with E-state index in [4.69, 9.17) is 4.98 Å². The molecule has 0 spiro atoms. The third kappa shape index (κ3) is 3.51. The first kappa shape index (κ1) is 19.9. The first-order valence-electron chi connectivity index (χ1n) is 10.6. The summed E-state index contributed by atoms with van der Waals surface area (Å²) in [4.78, 5) is 17.9. The number of pyridine rings is 2. The Balaban J connectivity index is 1.39. The lowest BCUT2D eigenvalue weighted by molar-refractivity contribution is 0.805. The fourth-order valence-electron chi connectivity index (χ4n) is 4.12. The fraction of sp³-hybridized carbons (Fsp3) is 0.200. The molecular weight excluding hydrogens is 398 g/mol. The van der Waals surface area contributed by atoms with Gasteiger partial charge in [-0.2, -0.15) is 0 Å². The average molecular weight is 424 g/mol. The molecule has 0 fully saturated rings. The van der Waals surface area contributed by atoms with Crippen molar-refractivity contribution in [3.8, 4) is 11.3 Å². The van der Waals surface area contributed by atoms with Gasteiger partial charge in [0.25, 0.3) is 0 Å². The second-order valence-corrected chi connectivity index (χ2v) is 8.17. The number of aryl methyl sites for hydroxylation is 1. The van der Waals surface area contributed by atoms with Crippen molar-refractivity contribution in [1.29, 1.82) is 0 Å². The lowest BCUT2D eigenvalue weighted by Crippen LogP contribution is -2.25. The summed E-state index contributed by atoms with van der Waals surface area (Å²) < 4.78 is 0. The molecule has 3 aromatic heterocycles. The van der Waals surface area contributed by atoms with Gasteiger partial charge in [-0.25, -0.2) is 9.97 Å². The second kappa shape index (κ2) is 7.92. The zero-order chi connectivity index (χ0) is 22.2. The third-order valence-electron chi connectivity index (χ3n) is 5.87. The Hall–Kier alpha value is -4.00. The van der Waals surface area contributed by atoms with Crippen LogP contribution in [0.1, 0.15) is 29.7 Å². The molecule has 2 N–H and O–H groups in total. The van der Waals surface area contributed by atoms with E-state index >= 15 is 0 Å². The minimum absolute atomic E-state index is 0.226. The first-order valence-corrected chi connectivity index (χ1v) is 10.6. The smallest absolute Gasteiger partial charge is 0.129 e. The van der Waals surface area contributed by atoms with Gasteiger partial charge in [0.05, 0.1) is 28.8 Å². The summed E-state index contributed by atoms with van der Waals surface area (Å²) in [5.41, 5.74) is 11.3. The molecular formula is C25H25N7. The number of para-hydroxylation sites is 1. The van der Waals surface area contributed by atoms with Gasteiger partial charge in [-0.3, -0.25) is 20.4 Å². The molecule has 1 atom stereocenters.